The highest BCUT2D eigenvalue weighted by molar-refractivity contribution is 6.09. The molecule has 3 N–H and O–H groups in total. The number of nitrogen functional groups attached to an aromatic ring is 1. The Morgan fingerprint density at radius 2 is 1.61 bits per heavy atom. The van der Waals surface area contributed by atoms with Crippen LogP contribution in [-0.4, -0.2) is 56.3 Å². The van der Waals surface area contributed by atoms with Crippen LogP contribution in [0, 0.1) is 0 Å². The van der Waals surface area contributed by atoms with Crippen LogP contribution in [0.15, 0.2) is 102 Å². The quantitative estimate of drug-likeness (QED) is 0.223. The van der Waals surface area contributed by atoms with Gasteiger partial charge in [0.05, 0.1) is 11.4 Å². The van der Waals surface area contributed by atoms with E-state index in [9.17, 15) is 14.4 Å². The van der Waals surface area contributed by atoms with Gasteiger partial charge in [0.15, 0.2) is 17.2 Å². The van der Waals surface area contributed by atoms with Crippen molar-refractivity contribution >= 4 is 34.4 Å². The minimum atomic E-state index is -0.431. The monoisotopic (exact) mass is 547 g/mol. The summed E-state index contributed by atoms with van der Waals surface area (Å²) in [5.74, 6) is -0.239. The Bertz CT molecular complexity index is 1840. The lowest BCUT2D eigenvalue weighted by Gasteiger charge is -2.10. The molecule has 0 aliphatic rings. The number of anilines is 2. The Balaban J connectivity index is 1.54. The number of carbonyl (C=O) groups excluding carboxylic acids is 2. The van der Waals surface area contributed by atoms with E-state index in [0.717, 1.165) is 0 Å². The first-order chi connectivity index (χ1) is 19.7. The van der Waals surface area contributed by atoms with Crippen molar-refractivity contribution < 1.29 is 9.59 Å². The third-order valence-electron chi connectivity index (χ3n) is 6.56. The standard InChI is InChI=1S/C31H29N7O3/c1-20(16-17-36(2)3)30(40)35-23-10-7-11-25(18-23)38-29-26(28(32)33-19-34-29)37(31(38)41)24-14-12-22(13-15-24)27(39)21-8-5-4-6-9-21/h4-16,18-19H,17H2,1-3H3,(H,35,40)(H2,32,33,34)/b20-16+. The number of nitrogens with two attached hydrogens (primary N) is 1. The van der Waals surface area contributed by atoms with Crippen LogP contribution in [0.25, 0.3) is 22.5 Å². The lowest BCUT2D eigenvalue weighted by Crippen LogP contribution is -2.22. The average molecular weight is 548 g/mol. The Hall–Kier alpha value is -5.35. The summed E-state index contributed by atoms with van der Waals surface area (Å²) in [6, 6.07) is 22.6. The van der Waals surface area contributed by atoms with Crippen LogP contribution < -0.4 is 16.7 Å². The van der Waals surface area contributed by atoms with Crippen molar-refractivity contribution in [3.8, 4) is 11.4 Å². The molecule has 0 radical (unpaired) electrons. The fourth-order valence-electron chi connectivity index (χ4n) is 4.40. The van der Waals surface area contributed by atoms with Crippen LogP contribution in [-0.2, 0) is 4.79 Å². The highest BCUT2D eigenvalue weighted by Gasteiger charge is 2.21. The molecule has 0 saturated heterocycles. The lowest BCUT2D eigenvalue weighted by molar-refractivity contribution is -0.112. The maximum absolute atomic E-state index is 13.9. The minimum absolute atomic E-state index is 0.125. The summed E-state index contributed by atoms with van der Waals surface area (Å²) < 4.78 is 2.83. The van der Waals surface area contributed by atoms with Crippen molar-refractivity contribution in [2.75, 3.05) is 31.7 Å². The van der Waals surface area contributed by atoms with Crippen molar-refractivity contribution in [1.29, 1.82) is 0 Å². The second kappa shape index (κ2) is 11.4. The van der Waals surface area contributed by atoms with Gasteiger partial charge < -0.3 is 16.0 Å². The zero-order chi connectivity index (χ0) is 29.1. The highest BCUT2D eigenvalue weighted by Crippen LogP contribution is 2.24. The first kappa shape index (κ1) is 27.2. The molecule has 1 amide bonds. The van der Waals surface area contributed by atoms with E-state index in [1.807, 2.05) is 43.3 Å². The SMILES string of the molecule is C/C(=C\CN(C)C)C(=O)Nc1cccc(-n2c(=O)n(-c3ccc(C(=O)c4ccccc4)cc3)c3c(N)ncnc32)c1. The third-order valence-corrected chi connectivity index (χ3v) is 6.56. The molecule has 206 valence electrons. The Kier molecular flexibility index (Phi) is 7.57. The van der Waals surface area contributed by atoms with E-state index in [0.29, 0.717) is 51.5 Å². The predicted octanol–water partition coefficient (Wildman–Crippen LogP) is 3.83. The zero-order valence-electron chi connectivity index (χ0n) is 22.9. The van der Waals surface area contributed by atoms with E-state index in [1.54, 1.807) is 67.6 Å². The molecule has 5 rings (SSSR count). The summed E-state index contributed by atoms with van der Waals surface area (Å²) in [4.78, 5) is 49.9. The number of amides is 1. The van der Waals surface area contributed by atoms with E-state index in [4.69, 9.17) is 5.73 Å². The van der Waals surface area contributed by atoms with Gasteiger partial charge in [-0.15, -0.1) is 0 Å². The molecule has 41 heavy (non-hydrogen) atoms. The topological polar surface area (TPSA) is 128 Å². The Labute approximate surface area is 236 Å². The van der Waals surface area contributed by atoms with Gasteiger partial charge in [-0.3, -0.25) is 14.2 Å². The van der Waals surface area contributed by atoms with Crippen molar-refractivity contribution in [2.24, 2.45) is 0 Å². The van der Waals surface area contributed by atoms with Crippen LogP contribution in [0.2, 0.25) is 0 Å². The van der Waals surface area contributed by atoms with Crippen LogP contribution in [0.1, 0.15) is 22.8 Å². The Morgan fingerprint density at radius 1 is 0.902 bits per heavy atom. The maximum atomic E-state index is 13.9. The first-order valence-electron chi connectivity index (χ1n) is 12.9. The molecule has 0 aliphatic heterocycles. The van der Waals surface area contributed by atoms with Crippen molar-refractivity contribution in [1.82, 2.24) is 24.0 Å². The molecule has 0 fully saturated rings. The van der Waals surface area contributed by atoms with E-state index >= 15 is 0 Å². The van der Waals surface area contributed by atoms with E-state index in [2.05, 4.69) is 15.3 Å². The molecule has 2 aromatic heterocycles. The summed E-state index contributed by atoms with van der Waals surface area (Å²) in [7, 11) is 3.85. The summed E-state index contributed by atoms with van der Waals surface area (Å²) in [5, 5.41) is 2.89. The molecule has 0 aliphatic carbocycles. The molecule has 0 unspecified atom stereocenters. The average Bonchev–Trinajstić information content (AvgIpc) is 3.29. The summed E-state index contributed by atoms with van der Waals surface area (Å²) in [6.45, 7) is 2.38. The first-order valence-corrected chi connectivity index (χ1v) is 12.9. The number of likely N-dealkylation sites (N-methyl/N-ethyl adjacent to an activating group) is 1. The molecular weight excluding hydrogens is 518 g/mol. The van der Waals surface area contributed by atoms with Gasteiger partial charge >= 0.3 is 5.69 Å². The molecule has 5 aromatic rings. The number of nitrogens with one attached hydrogen (secondary N) is 1. The summed E-state index contributed by atoms with van der Waals surface area (Å²) in [5.41, 5.74) is 9.58. The molecule has 3 aromatic carbocycles. The number of hydrogen-bond acceptors (Lipinski definition) is 7. The molecule has 10 heteroatoms. The third kappa shape index (κ3) is 5.54. The maximum Gasteiger partial charge on any atom is 0.339 e. The van der Waals surface area contributed by atoms with Crippen molar-refractivity contribution in [2.45, 2.75) is 6.92 Å². The number of imidazole rings is 1. The Morgan fingerprint density at radius 3 is 2.32 bits per heavy atom. The number of hydrogen-bond donors (Lipinski definition) is 2. The van der Waals surface area contributed by atoms with Gasteiger partial charge in [-0.1, -0.05) is 42.5 Å². The fourth-order valence-corrected chi connectivity index (χ4v) is 4.40. The number of benzene rings is 3. The van der Waals surface area contributed by atoms with Crippen LogP contribution in [0.5, 0.6) is 0 Å². The van der Waals surface area contributed by atoms with Crippen LogP contribution in [0.4, 0.5) is 11.5 Å². The van der Waals surface area contributed by atoms with Crippen LogP contribution in [0.3, 0.4) is 0 Å². The molecule has 0 bridgehead atoms. The molecule has 10 nitrogen and oxygen atoms in total. The summed E-state index contributed by atoms with van der Waals surface area (Å²) in [6.07, 6.45) is 3.14. The second-order valence-corrected chi connectivity index (χ2v) is 9.78. The van der Waals surface area contributed by atoms with Gasteiger partial charge in [-0.2, -0.15) is 0 Å². The van der Waals surface area contributed by atoms with Gasteiger partial charge in [0.2, 0.25) is 0 Å². The van der Waals surface area contributed by atoms with Gasteiger partial charge in [0.1, 0.15) is 11.8 Å². The largest absolute Gasteiger partial charge is 0.382 e. The number of ketones is 1. The van der Waals surface area contributed by atoms with E-state index < -0.39 is 5.69 Å². The molecule has 0 saturated carbocycles. The second-order valence-electron chi connectivity index (χ2n) is 9.78. The van der Waals surface area contributed by atoms with Gasteiger partial charge in [-0.05, 0) is 63.5 Å². The van der Waals surface area contributed by atoms with Crippen LogP contribution >= 0.6 is 0 Å². The lowest BCUT2D eigenvalue weighted by atomic mass is 10.0. The smallest absolute Gasteiger partial charge is 0.339 e. The van der Waals surface area contributed by atoms with Crippen molar-refractivity contribution in [3.63, 3.8) is 0 Å². The number of carbonyl (C=O) groups is 2. The number of nitrogens with zero attached hydrogens (tertiary/aromatic N) is 5. The molecule has 0 spiro atoms. The van der Waals surface area contributed by atoms with Gasteiger partial charge in [0.25, 0.3) is 5.91 Å². The molecule has 0 atom stereocenters. The number of aromatic nitrogens is 4. The van der Waals surface area contributed by atoms with Gasteiger partial charge in [0, 0.05) is 28.9 Å². The van der Waals surface area contributed by atoms with Gasteiger partial charge in [-0.25, -0.2) is 19.3 Å². The van der Waals surface area contributed by atoms with Crippen molar-refractivity contribution in [3.05, 3.63) is 118 Å². The zero-order valence-corrected chi connectivity index (χ0v) is 22.9. The summed E-state index contributed by atoms with van der Waals surface area (Å²) >= 11 is 0. The number of rotatable bonds is 8. The predicted molar refractivity (Wildman–Crippen MR) is 160 cm³/mol. The highest BCUT2D eigenvalue weighted by atomic mass is 16.2. The van der Waals surface area contributed by atoms with E-state index in [1.165, 1.54) is 15.5 Å². The minimum Gasteiger partial charge on any atom is -0.382 e. The van der Waals surface area contributed by atoms with E-state index in [-0.39, 0.29) is 17.5 Å². The molecule has 2 heterocycles. The number of fused-ring (bicyclic) bond motifs is 1. The molecular formula is C31H29N7O3. The normalized spacial score (nSPS) is 11.7. The fraction of sp³-hybridized carbons (Fsp3) is 0.129.